The average Bonchev–Trinajstić information content (AvgIpc) is 3.76. The van der Waals surface area contributed by atoms with Crippen molar-refractivity contribution < 1.29 is 23.9 Å². The monoisotopic (exact) mass is 704 g/mol. The molecule has 6 rings (SSSR count). The number of thioether (sulfide) groups is 1. The first kappa shape index (κ1) is 35.4. The van der Waals surface area contributed by atoms with E-state index >= 15 is 0 Å². The van der Waals surface area contributed by atoms with Crippen LogP contribution in [0, 0.1) is 0 Å². The molecule has 2 aliphatic heterocycles. The van der Waals surface area contributed by atoms with Crippen molar-refractivity contribution in [3.63, 3.8) is 0 Å². The van der Waals surface area contributed by atoms with Crippen LogP contribution in [-0.2, 0) is 14.3 Å². The van der Waals surface area contributed by atoms with E-state index in [0.29, 0.717) is 30.3 Å². The van der Waals surface area contributed by atoms with Crippen LogP contribution in [0.1, 0.15) is 91.7 Å². The highest BCUT2D eigenvalue weighted by molar-refractivity contribution is 7.99. The topological polar surface area (TPSA) is 158 Å². The summed E-state index contributed by atoms with van der Waals surface area (Å²) in [6, 6.07) is 10.5. The van der Waals surface area contributed by atoms with E-state index in [2.05, 4.69) is 20.6 Å². The van der Waals surface area contributed by atoms with Gasteiger partial charge in [0.25, 0.3) is 0 Å². The molecule has 2 saturated heterocycles. The number of hydrogen-bond donors (Lipinski definition) is 4. The number of urea groups is 1. The number of likely N-dealkylation sites (tertiary alicyclic amines) is 2. The lowest BCUT2D eigenvalue weighted by Gasteiger charge is -2.39. The van der Waals surface area contributed by atoms with Gasteiger partial charge in [-0.15, -0.1) is 11.8 Å². The Hall–Kier alpha value is -4.46. The first-order chi connectivity index (χ1) is 23.5. The molecule has 3 atom stereocenters. The number of amides is 4. The molecule has 13 nitrogen and oxygen atoms in total. The Morgan fingerprint density at radius 3 is 2.08 bits per heavy atom. The summed E-state index contributed by atoms with van der Waals surface area (Å²) < 4.78 is 11.4. The van der Waals surface area contributed by atoms with E-state index < -0.39 is 22.1 Å². The summed E-state index contributed by atoms with van der Waals surface area (Å²) in [6.07, 6.45) is 4.64. The summed E-state index contributed by atoms with van der Waals surface area (Å²) in [5.74, 6) is 1.52. The fourth-order valence-electron chi connectivity index (χ4n) is 6.84. The van der Waals surface area contributed by atoms with Crippen molar-refractivity contribution in [3.05, 3.63) is 48.0 Å². The van der Waals surface area contributed by atoms with Crippen molar-refractivity contribution in [2.24, 2.45) is 0 Å². The number of H-pyrrole nitrogens is 2. The highest BCUT2D eigenvalue weighted by Gasteiger charge is 2.48. The van der Waals surface area contributed by atoms with Gasteiger partial charge in [-0.25, -0.2) is 24.4 Å². The first-order valence-corrected chi connectivity index (χ1v) is 18.4. The van der Waals surface area contributed by atoms with E-state index in [1.54, 1.807) is 27.6 Å². The van der Waals surface area contributed by atoms with Crippen LogP contribution in [0.3, 0.4) is 0 Å². The number of anilines is 2. The summed E-state index contributed by atoms with van der Waals surface area (Å²) in [5.41, 5.74) is 3.08. The number of aromatic nitrogens is 4. The van der Waals surface area contributed by atoms with Crippen molar-refractivity contribution in [3.8, 4) is 0 Å². The van der Waals surface area contributed by atoms with Gasteiger partial charge in [0.15, 0.2) is 0 Å². The number of nitrogens with one attached hydrogen (secondary N) is 4. The molecule has 0 radical (unpaired) electrons. The first-order valence-electron chi connectivity index (χ1n) is 17.2. The van der Waals surface area contributed by atoms with Gasteiger partial charge in [-0.2, -0.15) is 0 Å². The fraction of sp³-hybridized carbons (Fsp3) is 0.528. The zero-order chi connectivity index (χ0) is 36.0. The predicted molar refractivity (Wildman–Crippen MR) is 197 cm³/mol. The van der Waals surface area contributed by atoms with E-state index in [1.807, 2.05) is 85.1 Å². The quantitative estimate of drug-likeness (QED) is 0.162. The Balaban J connectivity index is 1.13. The van der Waals surface area contributed by atoms with Gasteiger partial charge in [0, 0.05) is 36.4 Å². The molecule has 2 fully saturated rings. The van der Waals surface area contributed by atoms with Crippen LogP contribution in [-0.4, -0.2) is 84.5 Å². The van der Waals surface area contributed by atoms with Gasteiger partial charge < -0.3 is 35.0 Å². The maximum Gasteiger partial charge on any atom is 0.411 e. The summed E-state index contributed by atoms with van der Waals surface area (Å²) in [4.78, 5) is 58.6. The fourth-order valence-corrected chi connectivity index (χ4v) is 7.86. The minimum atomic E-state index is -0.677. The molecule has 0 bridgehead atoms. The van der Waals surface area contributed by atoms with E-state index in [4.69, 9.17) is 19.4 Å². The van der Waals surface area contributed by atoms with Crippen LogP contribution in [0.5, 0.6) is 0 Å². The van der Waals surface area contributed by atoms with Crippen molar-refractivity contribution >= 4 is 63.4 Å². The van der Waals surface area contributed by atoms with E-state index in [1.165, 1.54) is 0 Å². The number of piperidine rings is 1. The van der Waals surface area contributed by atoms with Gasteiger partial charge in [-0.1, -0.05) is 0 Å². The Morgan fingerprint density at radius 2 is 1.46 bits per heavy atom. The third-order valence-electron chi connectivity index (χ3n) is 9.12. The molecule has 4 N–H and O–H groups in total. The maximum absolute atomic E-state index is 13.2. The number of nitrogens with zero attached hydrogens (tertiary/aromatic N) is 4. The molecule has 4 aromatic rings. The number of fused-ring (bicyclic) bond motifs is 2. The van der Waals surface area contributed by atoms with Gasteiger partial charge in [0.2, 0.25) is 0 Å². The molecule has 3 unspecified atom stereocenters. The molecule has 0 saturated carbocycles. The third-order valence-corrected chi connectivity index (χ3v) is 10.4. The molecule has 268 valence electrons. The molecular formula is C36H48N8O5S. The van der Waals surface area contributed by atoms with Crippen LogP contribution in [0.4, 0.5) is 25.8 Å². The van der Waals surface area contributed by atoms with E-state index in [0.717, 1.165) is 53.6 Å². The molecule has 0 aliphatic carbocycles. The summed E-state index contributed by atoms with van der Waals surface area (Å²) in [5, 5.41) is 5.84. The number of aromatic amines is 2. The number of hydrogen-bond acceptors (Lipinski definition) is 8. The lowest BCUT2D eigenvalue weighted by molar-refractivity contribution is 0.00845. The Labute approximate surface area is 296 Å². The van der Waals surface area contributed by atoms with Crippen LogP contribution in [0.15, 0.2) is 36.4 Å². The van der Waals surface area contributed by atoms with Crippen molar-refractivity contribution in [2.45, 2.75) is 102 Å². The second-order valence-corrected chi connectivity index (χ2v) is 16.2. The highest BCUT2D eigenvalue weighted by atomic mass is 32.2. The van der Waals surface area contributed by atoms with Crippen LogP contribution >= 0.6 is 11.8 Å². The standard InChI is InChI=1S/C36H48N8O5S/c1-21-24(11-9-17-43(21)32(46)48-34(2,3)4)29-39-25-14-12-22(19-27(25)40-29)37-31(45)38-23-13-15-26-28(20-23)42-30(41-26)36(50-8)16-10-18-44(36)33(47)49-35(5,6)7/h12-15,19-21,24H,9-11,16-18H2,1-8H3,(H,39,40)(H,41,42)(H2,37,38,45). The third kappa shape index (κ3) is 7.35. The maximum atomic E-state index is 13.2. The minimum Gasteiger partial charge on any atom is -0.444 e. The number of imidazole rings is 2. The zero-order valence-corrected chi connectivity index (χ0v) is 30.9. The summed E-state index contributed by atoms with van der Waals surface area (Å²) >= 11 is 1.56. The summed E-state index contributed by atoms with van der Waals surface area (Å²) in [7, 11) is 0. The molecule has 0 spiro atoms. The normalized spacial score (nSPS) is 21.4. The van der Waals surface area contributed by atoms with Crippen LogP contribution < -0.4 is 10.6 Å². The Bertz CT molecular complexity index is 1910. The molecule has 2 aromatic heterocycles. The largest absolute Gasteiger partial charge is 0.444 e. The van der Waals surface area contributed by atoms with Gasteiger partial charge >= 0.3 is 18.2 Å². The lowest BCUT2D eigenvalue weighted by Crippen LogP contribution is -2.48. The number of carbonyl (C=O) groups excluding carboxylic acids is 3. The van der Waals surface area contributed by atoms with Gasteiger partial charge in [-0.3, -0.25) is 4.90 Å². The van der Waals surface area contributed by atoms with Gasteiger partial charge in [-0.05, 0) is 117 Å². The number of benzene rings is 2. The van der Waals surface area contributed by atoms with Crippen molar-refractivity contribution in [1.29, 1.82) is 0 Å². The molecule has 4 amide bonds. The van der Waals surface area contributed by atoms with Gasteiger partial charge in [0.1, 0.15) is 27.7 Å². The van der Waals surface area contributed by atoms with E-state index in [9.17, 15) is 14.4 Å². The predicted octanol–water partition coefficient (Wildman–Crippen LogP) is 8.13. The summed E-state index contributed by atoms with van der Waals surface area (Å²) in [6.45, 7) is 14.5. The minimum absolute atomic E-state index is 0.0288. The molecule has 50 heavy (non-hydrogen) atoms. The smallest absolute Gasteiger partial charge is 0.411 e. The highest BCUT2D eigenvalue weighted by Crippen LogP contribution is 2.47. The lowest BCUT2D eigenvalue weighted by atomic mass is 9.90. The molecule has 2 aliphatic rings. The Kier molecular flexibility index (Phi) is 9.44. The average molecular weight is 705 g/mol. The zero-order valence-electron chi connectivity index (χ0n) is 30.1. The Morgan fingerprint density at radius 1 is 0.860 bits per heavy atom. The van der Waals surface area contributed by atoms with Gasteiger partial charge in [0.05, 0.1) is 22.1 Å². The number of rotatable bonds is 5. The molecular weight excluding hydrogens is 657 g/mol. The van der Waals surface area contributed by atoms with E-state index in [-0.39, 0.29) is 24.1 Å². The second-order valence-electron chi connectivity index (χ2n) is 15.1. The molecule has 14 heteroatoms. The SMILES string of the molecule is CSC1(c2nc3ccc(NC(=O)Nc4ccc5nc(C6CCCN(C(=O)OC(C)(C)C)C6C)[nH]c5c4)cc3[nH]2)CCCN1C(=O)OC(C)(C)C. The van der Waals surface area contributed by atoms with Crippen LogP contribution in [0.25, 0.3) is 22.1 Å². The molecule has 2 aromatic carbocycles. The van der Waals surface area contributed by atoms with Crippen molar-refractivity contribution in [2.75, 3.05) is 30.0 Å². The van der Waals surface area contributed by atoms with Crippen molar-refractivity contribution in [1.82, 2.24) is 29.7 Å². The number of ether oxygens (including phenoxy) is 2. The number of carbonyl (C=O) groups is 3. The van der Waals surface area contributed by atoms with Crippen LogP contribution in [0.2, 0.25) is 0 Å². The molecule has 4 heterocycles. The second kappa shape index (κ2) is 13.3.